The first-order valence-electron chi connectivity index (χ1n) is 9.58. The minimum absolute atomic E-state index is 0.0261. The number of rotatable bonds is 5. The molecule has 0 aliphatic rings. The van der Waals surface area contributed by atoms with Gasteiger partial charge in [-0.1, -0.05) is 57.9 Å². The van der Waals surface area contributed by atoms with Gasteiger partial charge in [-0.25, -0.2) is 0 Å². The normalized spacial score (nSPS) is 11.2. The van der Waals surface area contributed by atoms with E-state index in [0.717, 1.165) is 20.9 Å². The number of para-hydroxylation sites is 2. The molecule has 0 fully saturated rings. The summed E-state index contributed by atoms with van der Waals surface area (Å²) in [5.74, 6) is 0.607. The Hall–Kier alpha value is -2.94. The molecule has 2 N–H and O–H groups in total. The van der Waals surface area contributed by atoms with E-state index in [-0.39, 0.29) is 11.0 Å². The number of nitrogens with one attached hydrogen (secondary N) is 1. The smallest absolute Gasteiger partial charge is 0.221 e. The number of fused-ring (bicyclic) bond motifs is 1. The van der Waals surface area contributed by atoms with Crippen LogP contribution < -0.4 is 10.1 Å². The summed E-state index contributed by atoms with van der Waals surface area (Å²) in [6.45, 7) is 0.378. The fraction of sp³-hybridized carbons (Fsp3) is 0.0870. The summed E-state index contributed by atoms with van der Waals surface area (Å²) in [6, 6.07) is 20.5. The molecule has 162 valence electrons. The van der Waals surface area contributed by atoms with Gasteiger partial charge in [0.1, 0.15) is 5.75 Å². The van der Waals surface area contributed by atoms with Crippen molar-refractivity contribution in [3.63, 3.8) is 0 Å². The lowest BCUT2D eigenvalue weighted by molar-refractivity contribution is 0.417. The number of halogens is 2. The monoisotopic (exact) mass is 528 g/mol. The molecule has 32 heavy (non-hydrogen) atoms. The molecule has 0 amide bonds. The van der Waals surface area contributed by atoms with E-state index in [1.807, 2.05) is 66.7 Å². The average molecular weight is 530 g/mol. The van der Waals surface area contributed by atoms with Crippen molar-refractivity contribution in [1.29, 1.82) is 0 Å². The van der Waals surface area contributed by atoms with Crippen molar-refractivity contribution >= 4 is 67.1 Å². The van der Waals surface area contributed by atoms with E-state index in [9.17, 15) is 5.11 Å². The molecule has 0 saturated heterocycles. The molecule has 0 aliphatic carbocycles. The van der Waals surface area contributed by atoms with Crippen LogP contribution in [0.3, 0.4) is 0 Å². The minimum atomic E-state index is -0.0261. The molecular formula is C23H18BrClN4O2S. The Morgan fingerprint density at radius 1 is 1.16 bits per heavy atom. The predicted octanol–water partition coefficient (Wildman–Crippen LogP) is 7.30. The Morgan fingerprint density at radius 3 is 2.69 bits per heavy atom. The van der Waals surface area contributed by atoms with Gasteiger partial charge in [-0.05, 0) is 54.2 Å². The number of thiocarbonyl (C=S) groups is 1. The lowest BCUT2D eigenvalue weighted by Gasteiger charge is -2.09. The van der Waals surface area contributed by atoms with E-state index < -0.39 is 0 Å². The van der Waals surface area contributed by atoms with Gasteiger partial charge in [0.05, 0.1) is 24.9 Å². The molecule has 4 rings (SSSR count). The number of aromatic hydroxyl groups is 1. The van der Waals surface area contributed by atoms with Crippen molar-refractivity contribution in [2.45, 2.75) is 6.54 Å². The molecule has 3 aromatic carbocycles. The summed E-state index contributed by atoms with van der Waals surface area (Å²) in [7, 11) is 1.58. The van der Waals surface area contributed by atoms with Gasteiger partial charge < -0.3 is 19.7 Å². The second kappa shape index (κ2) is 9.68. The van der Waals surface area contributed by atoms with E-state index in [1.54, 1.807) is 11.7 Å². The Bertz CT molecular complexity index is 1340. The molecule has 0 unspecified atom stereocenters. The fourth-order valence-electron chi connectivity index (χ4n) is 3.33. The molecule has 0 radical (unpaired) electrons. The number of hydrogen-bond donors (Lipinski definition) is 2. The second-order valence-corrected chi connectivity index (χ2v) is 8.55. The highest BCUT2D eigenvalue weighted by Gasteiger charge is 2.18. The molecule has 1 aromatic heterocycles. The van der Waals surface area contributed by atoms with Crippen molar-refractivity contribution in [1.82, 2.24) is 4.57 Å². The van der Waals surface area contributed by atoms with Crippen LogP contribution >= 0.6 is 39.7 Å². The van der Waals surface area contributed by atoms with Gasteiger partial charge in [0.25, 0.3) is 0 Å². The minimum Gasteiger partial charge on any atom is -0.495 e. The molecule has 4 aromatic rings. The van der Waals surface area contributed by atoms with E-state index in [4.69, 9.17) is 28.6 Å². The summed E-state index contributed by atoms with van der Waals surface area (Å²) >= 11 is 15.1. The lowest BCUT2D eigenvalue weighted by atomic mass is 10.2. The topological polar surface area (TPSA) is 71.1 Å². The van der Waals surface area contributed by atoms with Crippen LogP contribution in [0.5, 0.6) is 11.6 Å². The second-order valence-electron chi connectivity index (χ2n) is 6.84. The van der Waals surface area contributed by atoms with Gasteiger partial charge in [-0.3, -0.25) is 0 Å². The quantitative estimate of drug-likeness (QED) is 0.210. The number of methoxy groups -OCH3 is 1. The molecule has 0 spiro atoms. The highest BCUT2D eigenvalue weighted by molar-refractivity contribution is 9.10. The molecule has 9 heteroatoms. The number of ether oxygens (including phenoxy) is 1. The highest BCUT2D eigenvalue weighted by Crippen LogP contribution is 2.41. The van der Waals surface area contributed by atoms with E-state index in [1.165, 1.54) is 0 Å². The first-order chi connectivity index (χ1) is 15.5. The Kier molecular flexibility index (Phi) is 6.74. The molecule has 0 bridgehead atoms. The SMILES string of the molecule is COc1ccccc1NC(=S)N=Nc1c(O)n(Cc2ccccc2Cl)c2ccc(Br)cc12. The van der Waals surface area contributed by atoms with Crippen LogP contribution in [0, 0.1) is 0 Å². The van der Waals surface area contributed by atoms with E-state index in [0.29, 0.717) is 28.7 Å². The summed E-state index contributed by atoms with van der Waals surface area (Å²) in [4.78, 5) is 0. The largest absolute Gasteiger partial charge is 0.495 e. The summed E-state index contributed by atoms with van der Waals surface area (Å²) in [5, 5.41) is 23.9. The van der Waals surface area contributed by atoms with Crippen molar-refractivity contribution in [3.8, 4) is 11.6 Å². The fourth-order valence-corrected chi connectivity index (χ4v) is 4.04. The summed E-state index contributed by atoms with van der Waals surface area (Å²) < 4.78 is 7.91. The first kappa shape index (κ1) is 22.3. The Balaban J connectivity index is 1.69. The van der Waals surface area contributed by atoms with E-state index in [2.05, 4.69) is 31.5 Å². The van der Waals surface area contributed by atoms with E-state index >= 15 is 0 Å². The number of anilines is 1. The standard InChI is InChI=1S/C23H18BrClN4O2S/c1-31-20-9-5-4-8-18(20)26-23(32)28-27-21-16-12-15(24)10-11-19(16)29(22(21)30)13-14-6-2-3-7-17(14)25/h2-12,30H,13H2,1H3,(H,26,32). The number of hydrogen-bond acceptors (Lipinski definition) is 4. The molecule has 0 aliphatic heterocycles. The predicted molar refractivity (Wildman–Crippen MR) is 136 cm³/mol. The summed E-state index contributed by atoms with van der Waals surface area (Å²) in [6.07, 6.45) is 0. The van der Waals surface area contributed by atoms with Crippen molar-refractivity contribution in [2.75, 3.05) is 12.4 Å². The zero-order valence-electron chi connectivity index (χ0n) is 16.9. The number of benzene rings is 3. The van der Waals surface area contributed by atoms with Crippen LogP contribution in [-0.2, 0) is 6.54 Å². The maximum Gasteiger partial charge on any atom is 0.221 e. The van der Waals surface area contributed by atoms with Gasteiger partial charge in [-0.15, -0.1) is 10.2 Å². The van der Waals surface area contributed by atoms with Gasteiger partial charge >= 0.3 is 0 Å². The van der Waals surface area contributed by atoms with Crippen molar-refractivity contribution < 1.29 is 9.84 Å². The highest BCUT2D eigenvalue weighted by atomic mass is 79.9. The zero-order valence-corrected chi connectivity index (χ0v) is 20.1. The number of aromatic nitrogens is 1. The zero-order chi connectivity index (χ0) is 22.7. The lowest BCUT2D eigenvalue weighted by Crippen LogP contribution is -2.06. The molecule has 0 atom stereocenters. The maximum atomic E-state index is 11.0. The average Bonchev–Trinajstić information content (AvgIpc) is 3.04. The van der Waals surface area contributed by atoms with Gasteiger partial charge in [0.15, 0.2) is 5.69 Å². The van der Waals surface area contributed by atoms with Gasteiger partial charge in [0, 0.05) is 14.9 Å². The van der Waals surface area contributed by atoms with Gasteiger partial charge in [-0.2, -0.15) is 0 Å². The van der Waals surface area contributed by atoms with Crippen LogP contribution in [0.1, 0.15) is 5.56 Å². The molecular weight excluding hydrogens is 512 g/mol. The third kappa shape index (κ3) is 4.62. The number of nitrogens with zero attached hydrogens (tertiary/aromatic N) is 3. The van der Waals surface area contributed by atoms with Crippen molar-refractivity contribution in [3.05, 3.63) is 81.8 Å². The Morgan fingerprint density at radius 2 is 1.91 bits per heavy atom. The third-order valence-electron chi connectivity index (χ3n) is 4.85. The van der Waals surface area contributed by atoms with Crippen LogP contribution in [0.4, 0.5) is 11.4 Å². The third-order valence-corrected chi connectivity index (χ3v) is 5.89. The van der Waals surface area contributed by atoms with Crippen LogP contribution in [0.2, 0.25) is 5.02 Å². The van der Waals surface area contributed by atoms with Crippen LogP contribution in [-0.4, -0.2) is 21.9 Å². The molecule has 6 nitrogen and oxygen atoms in total. The van der Waals surface area contributed by atoms with Crippen LogP contribution in [0.25, 0.3) is 10.9 Å². The molecule has 1 heterocycles. The molecule has 0 saturated carbocycles. The maximum absolute atomic E-state index is 11.0. The number of azo groups is 1. The summed E-state index contributed by atoms with van der Waals surface area (Å²) in [5.41, 5.74) is 2.66. The van der Waals surface area contributed by atoms with Crippen molar-refractivity contribution in [2.24, 2.45) is 10.2 Å². The van der Waals surface area contributed by atoms with Gasteiger partial charge in [0.2, 0.25) is 11.0 Å². The Labute approximate surface area is 203 Å². The first-order valence-corrected chi connectivity index (χ1v) is 11.2. The van der Waals surface area contributed by atoms with Crippen LogP contribution in [0.15, 0.2) is 81.4 Å².